The lowest BCUT2D eigenvalue weighted by Crippen LogP contribution is -2.22. The minimum Gasteiger partial charge on any atom is -0.432 e. The van der Waals surface area contributed by atoms with E-state index in [1.807, 2.05) is 41.5 Å². The highest BCUT2D eigenvalue weighted by Crippen LogP contribution is 2.21. The summed E-state index contributed by atoms with van der Waals surface area (Å²) < 4.78 is 9.56. The van der Waals surface area contributed by atoms with Gasteiger partial charge in [0.1, 0.15) is 0 Å². The van der Waals surface area contributed by atoms with E-state index in [4.69, 9.17) is 9.47 Å². The predicted octanol–water partition coefficient (Wildman–Crippen LogP) is 5.83. The van der Waals surface area contributed by atoms with Crippen LogP contribution in [0.2, 0.25) is 0 Å². The Kier molecular flexibility index (Phi) is 12.1. The lowest BCUT2D eigenvalue weighted by atomic mass is 9.99. The molecule has 0 fully saturated rings. The van der Waals surface area contributed by atoms with Gasteiger partial charge in [-0.25, -0.2) is 0 Å². The Balaban J connectivity index is 4.20. The second-order valence-corrected chi connectivity index (χ2v) is 10.1. The molecule has 0 aromatic heterocycles. The van der Waals surface area contributed by atoms with Crippen LogP contribution in [0.25, 0.3) is 0 Å². The Morgan fingerprint density at radius 1 is 0.647 bits per heavy atom. The predicted molar refractivity (Wildman–Crippen MR) is 121 cm³/mol. The molecule has 0 rings (SSSR count). The largest absolute Gasteiger partial charge is 0.549 e. The molecule has 2 unspecified atom stereocenters. The smallest absolute Gasteiger partial charge is 0.432 e. The summed E-state index contributed by atoms with van der Waals surface area (Å²) >= 11 is 0. The summed E-state index contributed by atoms with van der Waals surface area (Å²) in [6.07, 6.45) is -1.22. The molecule has 0 aromatic carbocycles. The molecule has 2 atom stereocenters. The van der Waals surface area contributed by atoms with Gasteiger partial charge in [0.2, 0.25) is 0 Å². The molecule has 0 aliphatic carbocycles. The van der Waals surface area contributed by atoms with Crippen LogP contribution in [-0.2, 0) is 19.2 Å². The summed E-state index contributed by atoms with van der Waals surface area (Å²) in [5.41, 5.74) is -2.90. The van der Waals surface area contributed by atoms with Gasteiger partial charge in [0.15, 0.2) is 11.1 Å². The van der Waals surface area contributed by atoms with Crippen LogP contribution in [0.1, 0.15) is 81.1 Å². The van der Waals surface area contributed by atoms with Crippen molar-refractivity contribution in [2.45, 2.75) is 103 Å². The van der Waals surface area contributed by atoms with Gasteiger partial charge < -0.3 is 9.47 Å². The molecular weight excluding hydrogens is 444 g/mol. The van der Waals surface area contributed by atoms with Crippen LogP contribution in [0.15, 0.2) is 20.5 Å². The van der Waals surface area contributed by atoms with Gasteiger partial charge >= 0.3 is 12.3 Å². The normalized spacial score (nSPS) is 15.6. The van der Waals surface area contributed by atoms with Crippen LogP contribution in [0, 0.1) is 22.7 Å². The van der Waals surface area contributed by atoms with Crippen molar-refractivity contribution in [3.05, 3.63) is 0 Å². The zero-order chi connectivity index (χ0) is 26.5. The molecule has 0 aliphatic rings. The third-order valence-electron chi connectivity index (χ3n) is 3.86. The van der Waals surface area contributed by atoms with Crippen LogP contribution in [0.4, 0.5) is 9.59 Å². The number of nitriles is 2. The van der Waals surface area contributed by atoms with Crippen molar-refractivity contribution in [1.82, 2.24) is 0 Å². The number of carbonyl (C=O) groups excluding carboxylic acids is 2. The maximum absolute atomic E-state index is 11.5. The van der Waals surface area contributed by atoms with Crippen LogP contribution in [-0.4, -0.2) is 47.7 Å². The summed E-state index contributed by atoms with van der Waals surface area (Å²) in [6, 6.07) is 4.17. The summed E-state index contributed by atoms with van der Waals surface area (Å²) in [5, 5.41) is 35.0. The third-order valence-corrected chi connectivity index (χ3v) is 3.86. The number of hydrogen-bond acceptors (Lipinski definition) is 12. The number of rotatable bonds is 10. The molecule has 0 radical (unpaired) electrons. The molecule has 0 aliphatic heterocycles. The molecule has 34 heavy (non-hydrogen) atoms. The monoisotopic (exact) mass is 480 g/mol. The number of azo groups is 2. The summed E-state index contributed by atoms with van der Waals surface area (Å²) in [5.74, 6) is 0. The van der Waals surface area contributed by atoms with Crippen LogP contribution in [0.5, 0.6) is 0 Å². The van der Waals surface area contributed by atoms with Crippen LogP contribution >= 0.6 is 0 Å². The van der Waals surface area contributed by atoms with E-state index < -0.39 is 34.5 Å². The van der Waals surface area contributed by atoms with Crippen molar-refractivity contribution in [2.75, 3.05) is 13.2 Å². The number of carbonyl (C=O) groups is 2. The van der Waals surface area contributed by atoms with E-state index in [9.17, 15) is 20.1 Å². The fraction of sp³-hybridized carbons (Fsp3) is 0.818. The Hall–Kier alpha value is -3.28. The summed E-state index contributed by atoms with van der Waals surface area (Å²) in [4.78, 5) is 31.5. The van der Waals surface area contributed by atoms with Crippen molar-refractivity contribution < 1.29 is 28.8 Å². The molecule has 0 heterocycles. The molecule has 0 spiro atoms. The highest BCUT2D eigenvalue weighted by atomic mass is 17.3. The van der Waals surface area contributed by atoms with E-state index in [0.717, 1.165) is 0 Å². The number of ether oxygens (including phenoxy) is 2. The lowest BCUT2D eigenvalue weighted by Gasteiger charge is -2.18. The lowest BCUT2D eigenvalue weighted by molar-refractivity contribution is -0.217. The number of hydrogen-bond donors (Lipinski definition) is 0. The van der Waals surface area contributed by atoms with E-state index in [2.05, 4.69) is 42.4 Å². The molecule has 12 nitrogen and oxygen atoms in total. The van der Waals surface area contributed by atoms with Gasteiger partial charge in [-0.15, -0.1) is 0 Å². The first-order valence-corrected chi connectivity index (χ1v) is 10.9. The molecule has 0 saturated carbocycles. The van der Waals surface area contributed by atoms with Gasteiger partial charge in [0.05, 0.1) is 36.4 Å². The molecule has 190 valence electrons. The third kappa shape index (κ3) is 15.5. The van der Waals surface area contributed by atoms with Crippen molar-refractivity contribution in [3.63, 3.8) is 0 Å². The Labute approximate surface area is 201 Å². The van der Waals surface area contributed by atoms with Crippen molar-refractivity contribution in [2.24, 2.45) is 20.5 Å². The summed E-state index contributed by atoms with van der Waals surface area (Å²) in [6.45, 7) is 14.3. The van der Waals surface area contributed by atoms with Crippen molar-refractivity contribution in [1.29, 1.82) is 10.5 Å². The van der Waals surface area contributed by atoms with Gasteiger partial charge in [-0.3, -0.25) is 0 Å². The quantitative estimate of drug-likeness (QED) is 0.123. The fourth-order valence-corrected chi connectivity index (χ4v) is 2.04. The SMILES string of the molecule is CC(C)(C)N=NC(C)(C#N)CCCOC(=O)OOC(=O)OCCCC(C)(C#N)N=NC(C)(C)C. The zero-order valence-corrected chi connectivity index (χ0v) is 21.4. The van der Waals surface area contributed by atoms with Crippen LogP contribution in [0.3, 0.4) is 0 Å². The van der Waals surface area contributed by atoms with E-state index in [0.29, 0.717) is 25.7 Å². The molecule has 0 saturated heterocycles. The minimum absolute atomic E-state index is 0.0740. The van der Waals surface area contributed by atoms with Gasteiger partial charge in [0, 0.05) is 0 Å². The fourth-order valence-electron chi connectivity index (χ4n) is 2.04. The van der Waals surface area contributed by atoms with Crippen molar-refractivity contribution >= 4 is 12.3 Å². The summed E-state index contributed by atoms with van der Waals surface area (Å²) in [7, 11) is 0. The topological polar surface area (TPSA) is 168 Å². The Morgan fingerprint density at radius 2 is 0.971 bits per heavy atom. The number of nitrogens with zero attached hydrogens (tertiary/aromatic N) is 6. The van der Waals surface area contributed by atoms with E-state index >= 15 is 0 Å². The first-order chi connectivity index (χ1) is 15.5. The molecule has 0 aromatic rings. The van der Waals surface area contributed by atoms with Gasteiger partial charge in [-0.05, 0) is 81.1 Å². The maximum atomic E-state index is 11.5. The zero-order valence-electron chi connectivity index (χ0n) is 21.4. The molecule has 0 N–H and O–H groups in total. The molecule has 12 heteroatoms. The Morgan fingerprint density at radius 3 is 1.24 bits per heavy atom. The van der Waals surface area contributed by atoms with E-state index in [1.54, 1.807) is 13.8 Å². The average molecular weight is 481 g/mol. The van der Waals surface area contributed by atoms with E-state index in [1.165, 1.54) is 0 Å². The highest BCUT2D eigenvalue weighted by Gasteiger charge is 2.25. The first kappa shape index (κ1) is 30.7. The molecule has 0 amide bonds. The first-order valence-electron chi connectivity index (χ1n) is 10.9. The van der Waals surface area contributed by atoms with E-state index in [-0.39, 0.29) is 13.2 Å². The standard InChI is InChI=1S/C22H36N6O6/c1-19(2,3)25-27-21(7,15-23)11-9-13-31-17(29)33-34-18(30)32-14-10-12-22(8,16-24)28-26-20(4,5)6/h9-14H2,1-8H3. The Bertz CT molecular complexity index is 750. The van der Waals surface area contributed by atoms with Crippen LogP contribution < -0.4 is 0 Å². The van der Waals surface area contributed by atoms with Gasteiger partial charge in [-0.2, -0.15) is 50.3 Å². The molecular formula is C22H36N6O6. The minimum atomic E-state index is -1.23. The second kappa shape index (κ2) is 13.4. The van der Waals surface area contributed by atoms with Gasteiger partial charge in [-0.1, -0.05) is 0 Å². The highest BCUT2D eigenvalue weighted by molar-refractivity contribution is 5.63. The van der Waals surface area contributed by atoms with Gasteiger partial charge in [0.25, 0.3) is 0 Å². The van der Waals surface area contributed by atoms with Crippen molar-refractivity contribution in [3.8, 4) is 12.1 Å². The maximum Gasteiger partial charge on any atom is 0.549 e. The molecule has 0 bridgehead atoms. The average Bonchev–Trinajstić information content (AvgIpc) is 2.74. The second-order valence-electron chi connectivity index (χ2n) is 10.1.